The summed E-state index contributed by atoms with van der Waals surface area (Å²) in [5.74, 6) is -2.28. The van der Waals surface area contributed by atoms with Crippen molar-refractivity contribution in [1.82, 2.24) is 14.5 Å². The molecule has 9 heteroatoms. The highest BCUT2D eigenvalue weighted by atomic mass is 19.4. The third kappa shape index (κ3) is 6.09. The van der Waals surface area contributed by atoms with Crippen LogP contribution in [0.25, 0.3) is 11.0 Å². The number of carboxylic acids is 1. The summed E-state index contributed by atoms with van der Waals surface area (Å²) < 4.78 is 41.4. The fourth-order valence-electron chi connectivity index (χ4n) is 3.57. The number of aromatic nitrogens is 2. The van der Waals surface area contributed by atoms with E-state index in [2.05, 4.69) is 4.98 Å². The number of nitrogens with zero attached hydrogens (tertiary/aromatic N) is 3. The Morgan fingerprint density at radius 1 is 0.969 bits per heavy atom. The Hall–Kier alpha value is -3.36. The molecule has 0 radical (unpaired) electrons. The van der Waals surface area contributed by atoms with Crippen LogP contribution in [0.5, 0.6) is 0 Å². The molecule has 0 fully saturated rings. The third-order valence-corrected chi connectivity index (χ3v) is 5.14. The van der Waals surface area contributed by atoms with E-state index in [-0.39, 0.29) is 43.8 Å². The second kappa shape index (κ2) is 10.3. The molecule has 0 atom stereocenters. The number of rotatable bonds is 10. The van der Waals surface area contributed by atoms with E-state index in [1.807, 2.05) is 30.3 Å². The fraction of sp³-hybridized carbons (Fsp3) is 0.348. The summed E-state index contributed by atoms with van der Waals surface area (Å²) in [6.45, 7) is 0.382. The highest BCUT2D eigenvalue weighted by molar-refractivity contribution is 5.77. The number of alkyl halides is 3. The van der Waals surface area contributed by atoms with Crippen LogP contribution in [0.3, 0.4) is 0 Å². The molecule has 170 valence electrons. The highest BCUT2D eigenvalue weighted by Gasteiger charge is 2.37. The van der Waals surface area contributed by atoms with Gasteiger partial charge in [0.05, 0.1) is 17.5 Å². The predicted octanol–water partition coefficient (Wildman–Crippen LogP) is 4.38. The average Bonchev–Trinajstić information content (AvgIpc) is 3.13. The molecule has 0 bridgehead atoms. The third-order valence-electron chi connectivity index (χ3n) is 5.14. The van der Waals surface area contributed by atoms with Crippen LogP contribution in [0, 0.1) is 0 Å². The van der Waals surface area contributed by atoms with Crippen LogP contribution in [-0.2, 0) is 28.7 Å². The fourth-order valence-corrected chi connectivity index (χ4v) is 3.57. The van der Waals surface area contributed by atoms with E-state index in [0.717, 1.165) is 10.1 Å². The molecule has 2 aromatic carbocycles. The van der Waals surface area contributed by atoms with E-state index in [4.69, 9.17) is 5.11 Å². The van der Waals surface area contributed by atoms with Gasteiger partial charge in [-0.25, -0.2) is 4.98 Å². The summed E-state index contributed by atoms with van der Waals surface area (Å²) in [5.41, 5.74) is 1.62. The standard InChI is InChI=1S/C23H24F3N3O3/c24-23(25,26)22-27-18-9-4-5-10-19(18)29(22)14-6-11-20(30)28(16-13-21(31)32)15-12-17-7-2-1-3-8-17/h1-5,7-10H,6,11-16H2,(H,31,32). The van der Waals surface area contributed by atoms with Crippen molar-refractivity contribution in [3.8, 4) is 0 Å². The number of benzene rings is 2. The summed E-state index contributed by atoms with van der Waals surface area (Å²) in [6.07, 6.45) is -4.04. The van der Waals surface area contributed by atoms with Crippen LogP contribution in [0.2, 0.25) is 0 Å². The van der Waals surface area contributed by atoms with Crippen LogP contribution < -0.4 is 0 Å². The molecular weight excluding hydrogens is 423 g/mol. The van der Waals surface area contributed by atoms with Crippen LogP contribution in [-0.4, -0.2) is 44.5 Å². The number of halogens is 3. The quantitative estimate of drug-likeness (QED) is 0.501. The smallest absolute Gasteiger partial charge is 0.449 e. The van der Waals surface area contributed by atoms with E-state index in [1.165, 1.54) is 11.0 Å². The van der Waals surface area contributed by atoms with Gasteiger partial charge in [0.15, 0.2) is 0 Å². The van der Waals surface area contributed by atoms with E-state index in [1.54, 1.807) is 18.2 Å². The van der Waals surface area contributed by atoms with Gasteiger partial charge < -0.3 is 14.6 Å². The molecule has 0 aliphatic carbocycles. The topological polar surface area (TPSA) is 75.4 Å². The molecule has 0 unspecified atom stereocenters. The number of imidazole rings is 1. The van der Waals surface area contributed by atoms with Crippen molar-refractivity contribution in [2.75, 3.05) is 13.1 Å². The zero-order chi connectivity index (χ0) is 23.1. The van der Waals surface area contributed by atoms with E-state index in [0.29, 0.717) is 18.5 Å². The van der Waals surface area contributed by atoms with Crippen molar-refractivity contribution in [3.05, 3.63) is 66.0 Å². The molecule has 0 aliphatic heterocycles. The Morgan fingerprint density at radius 2 is 1.66 bits per heavy atom. The van der Waals surface area contributed by atoms with Gasteiger partial charge in [-0.05, 0) is 30.5 Å². The van der Waals surface area contributed by atoms with E-state index < -0.39 is 18.0 Å². The average molecular weight is 447 g/mol. The van der Waals surface area contributed by atoms with Gasteiger partial charge in [-0.1, -0.05) is 42.5 Å². The van der Waals surface area contributed by atoms with Gasteiger partial charge >= 0.3 is 12.1 Å². The Morgan fingerprint density at radius 3 is 2.34 bits per heavy atom. The van der Waals surface area contributed by atoms with Gasteiger partial charge in [0.1, 0.15) is 0 Å². The molecule has 1 amide bonds. The van der Waals surface area contributed by atoms with Crippen molar-refractivity contribution in [2.24, 2.45) is 0 Å². The number of hydrogen-bond acceptors (Lipinski definition) is 3. The molecule has 1 N–H and O–H groups in total. The minimum Gasteiger partial charge on any atom is -0.481 e. The molecule has 0 aliphatic rings. The minimum atomic E-state index is -4.60. The Balaban J connectivity index is 1.66. The predicted molar refractivity (Wildman–Crippen MR) is 113 cm³/mol. The lowest BCUT2D eigenvalue weighted by atomic mass is 10.1. The van der Waals surface area contributed by atoms with Crippen molar-refractivity contribution in [3.63, 3.8) is 0 Å². The molecule has 1 aromatic heterocycles. The molecular formula is C23H24F3N3O3. The lowest BCUT2D eigenvalue weighted by Crippen LogP contribution is -2.34. The van der Waals surface area contributed by atoms with E-state index >= 15 is 0 Å². The normalized spacial score (nSPS) is 11.6. The number of aryl methyl sites for hydroxylation is 1. The summed E-state index contributed by atoms with van der Waals surface area (Å²) in [5, 5.41) is 8.98. The van der Waals surface area contributed by atoms with Crippen molar-refractivity contribution in [2.45, 2.75) is 38.4 Å². The minimum absolute atomic E-state index is 0.0121. The molecule has 3 aromatic rings. The number of carbonyl (C=O) groups is 2. The molecule has 32 heavy (non-hydrogen) atoms. The summed E-state index contributed by atoms with van der Waals surface area (Å²) in [6, 6.07) is 15.8. The Bertz CT molecular complexity index is 1060. The first-order valence-electron chi connectivity index (χ1n) is 10.3. The van der Waals surface area contributed by atoms with Crippen molar-refractivity contribution < 1.29 is 27.9 Å². The van der Waals surface area contributed by atoms with Gasteiger partial charge in [0, 0.05) is 26.1 Å². The second-order valence-electron chi connectivity index (χ2n) is 7.44. The lowest BCUT2D eigenvalue weighted by Gasteiger charge is -2.22. The summed E-state index contributed by atoms with van der Waals surface area (Å²) in [7, 11) is 0. The number of carboxylic acid groups (broad SMARTS) is 1. The number of carbonyl (C=O) groups excluding carboxylic acids is 1. The van der Waals surface area contributed by atoms with Gasteiger partial charge in [0.2, 0.25) is 11.7 Å². The van der Waals surface area contributed by atoms with Crippen molar-refractivity contribution in [1.29, 1.82) is 0 Å². The molecule has 6 nitrogen and oxygen atoms in total. The van der Waals surface area contributed by atoms with E-state index in [9.17, 15) is 22.8 Å². The lowest BCUT2D eigenvalue weighted by molar-refractivity contribution is -0.147. The zero-order valence-corrected chi connectivity index (χ0v) is 17.4. The Labute approximate surface area is 183 Å². The zero-order valence-electron chi connectivity index (χ0n) is 17.4. The summed E-state index contributed by atoms with van der Waals surface area (Å²) >= 11 is 0. The number of hydrogen-bond donors (Lipinski definition) is 1. The number of para-hydroxylation sites is 2. The number of fused-ring (bicyclic) bond motifs is 1. The molecule has 3 rings (SSSR count). The molecule has 0 spiro atoms. The van der Waals surface area contributed by atoms with Gasteiger partial charge in [0.25, 0.3) is 0 Å². The maximum atomic E-state index is 13.4. The van der Waals surface area contributed by atoms with Crippen LogP contribution in [0.1, 0.15) is 30.7 Å². The summed E-state index contributed by atoms with van der Waals surface area (Å²) in [4.78, 5) is 28.9. The first-order chi connectivity index (χ1) is 15.3. The number of amides is 1. The van der Waals surface area contributed by atoms with Crippen LogP contribution in [0.15, 0.2) is 54.6 Å². The Kier molecular flexibility index (Phi) is 7.50. The first kappa shape index (κ1) is 23.3. The monoisotopic (exact) mass is 447 g/mol. The molecule has 1 heterocycles. The number of aliphatic carboxylic acids is 1. The maximum Gasteiger partial charge on any atom is 0.449 e. The van der Waals surface area contributed by atoms with Crippen molar-refractivity contribution >= 4 is 22.9 Å². The second-order valence-corrected chi connectivity index (χ2v) is 7.44. The van der Waals surface area contributed by atoms with Crippen LogP contribution in [0.4, 0.5) is 13.2 Å². The molecule has 0 saturated carbocycles. The highest BCUT2D eigenvalue weighted by Crippen LogP contribution is 2.31. The SMILES string of the molecule is O=C(O)CCN(CCc1ccccc1)C(=O)CCCn1c(C(F)(F)F)nc2ccccc21. The van der Waals surface area contributed by atoms with Gasteiger partial charge in [-0.3, -0.25) is 9.59 Å². The van der Waals surface area contributed by atoms with Gasteiger partial charge in [-0.15, -0.1) is 0 Å². The first-order valence-corrected chi connectivity index (χ1v) is 10.3. The molecule has 0 saturated heterocycles. The largest absolute Gasteiger partial charge is 0.481 e. The van der Waals surface area contributed by atoms with Gasteiger partial charge in [-0.2, -0.15) is 13.2 Å². The maximum absolute atomic E-state index is 13.4. The van der Waals surface area contributed by atoms with Crippen LogP contribution >= 0.6 is 0 Å².